The molecule has 1 saturated heterocycles. The Balaban J connectivity index is 1.56. The summed E-state index contributed by atoms with van der Waals surface area (Å²) in [5.41, 5.74) is 2.15. The van der Waals surface area contributed by atoms with Crippen molar-refractivity contribution in [2.24, 2.45) is 0 Å². The van der Waals surface area contributed by atoms with E-state index in [1.54, 1.807) is 22.9 Å². The quantitative estimate of drug-likeness (QED) is 0.842. The third kappa shape index (κ3) is 5.08. The Bertz CT molecular complexity index is 810. The van der Waals surface area contributed by atoms with Crippen molar-refractivity contribution in [3.05, 3.63) is 52.3 Å². The van der Waals surface area contributed by atoms with Crippen molar-refractivity contribution in [1.82, 2.24) is 24.9 Å². The summed E-state index contributed by atoms with van der Waals surface area (Å²) in [5, 5.41) is 7.86. The molecule has 1 aromatic heterocycles. The van der Waals surface area contributed by atoms with Gasteiger partial charge in [0.2, 0.25) is 5.91 Å². The van der Waals surface area contributed by atoms with Crippen LogP contribution in [0.5, 0.6) is 0 Å². The lowest BCUT2D eigenvalue weighted by Crippen LogP contribution is -2.47. The molecule has 1 aliphatic rings. The van der Waals surface area contributed by atoms with E-state index < -0.39 is 0 Å². The zero-order chi connectivity index (χ0) is 19.4. The Morgan fingerprint density at radius 2 is 1.81 bits per heavy atom. The number of nitrogens with one attached hydrogen (secondary N) is 1. The van der Waals surface area contributed by atoms with E-state index >= 15 is 0 Å². The van der Waals surface area contributed by atoms with Crippen LogP contribution < -0.4 is 5.32 Å². The van der Waals surface area contributed by atoms with Crippen molar-refractivity contribution in [2.75, 3.05) is 33.2 Å². The van der Waals surface area contributed by atoms with Crippen LogP contribution in [-0.4, -0.2) is 64.6 Å². The van der Waals surface area contributed by atoms with E-state index in [0.29, 0.717) is 30.4 Å². The van der Waals surface area contributed by atoms with Gasteiger partial charge in [0.15, 0.2) is 5.69 Å². The van der Waals surface area contributed by atoms with E-state index in [4.69, 9.17) is 11.6 Å². The average Bonchev–Trinajstić information content (AvgIpc) is 3.02. The Kier molecular flexibility index (Phi) is 6.13. The van der Waals surface area contributed by atoms with E-state index in [0.717, 1.165) is 24.3 Å². The summed E-state index contributed by atoms with van der Waals surface area (Å²) in [5.74, 6) is -0.235. The van der Waals surface area contributed by atoms with Gasteiger partial charge in [0.05, 0.1) is 0 Å². The third-order valence-electron chi connectivity index (χ3n) is 4.69. The Hall–Kier alpha value is -2.38. The van der Waals surface area contributed by atoms with Crippen molar-refractivity contribution in [1.29, 1.82) is 0 Å². The van der Waals surface area contributed by atoms with Crippen molar-refractivity contribution in [3.8, 4) is 0 Å². The summed E-state index contributed by atoms with van der Waals surface area (Å²) >= 11 is 5.86. The monoisotopic (exact) mass is 389 g/mol. The first-order chi connectivity index (χ1) is 12.9. The molecule has 0 aliphatic carbocycles. The highest BCUT2D eigenvalue weighted by Crippen LogP contribution is 2.10. The van der Waals surface area contributed by atoms with Gasteiger partial charge in [-0.3, -0.25) is 14.3 Å². The number of hydrogen-bond donors (Lipinski definition) is 1. The van der Waals surface area contributed by atoms with E-state index in [1.165, 1.54) is 0 Å². The van der Waals surface area contributed by atoms with Gasteiger partial charge in [-0.1, -0.05) is 23.7 Å². The fraction of sp³-hybridized carbons (Fsp3) is 0.421. The first-order valence-corrected chi connectivity index (χ1v) is 9.33. The molecule has 1 aromatic carbocycles. The van der Waals surface area contributed by atoms with Crippen molar-refractivity contribution >= 4 is 23.4 Å². The minimum atomic E-state index is -0.158. The molecule has 1 N–H and O–H groups in total. The van der Waals surface area contributed by atoms with E-state index in [2.05, 4.69) is 15.3 Å². The number of benzene rings is 1. The molecule has 0 atom stereocenters. The van der Waals surface area contributed by atoms with Crippen LogP contribution in [0.3, 0.4) is 0 Å². The molecule has 2 heterocycles. The van der Waals surface area contributed by atoms with Crippen LogP contribution >= 0.6 is 11.6 Å². The zero-order valence-electron chi connectivity index (χ0n) is 15.6. The van der Waals surface area contributed by atoms with Crippen molar-refractivity contribution in [3.63, 3.8) is 0 Å². The minimum Gasteiger partial charge on any atom is -0.350 e. The standard InChI is InChI=1S/C19H24ClN5O2/c1-14-11-17(19(27)24-9-7-23(2)8-10-24)22-25(14)13-18(26)21-12-15-3-5-16(20)6-4-15/h3-6,11H,7-10,12-13H2,1-2H3,(H,21,26). The highest BCUT2D eigenvalue weighted by Gasteiger charge is 2.23. The van der Waals surface area contributed by atoms with Crippen LogP contribution in [0.4, 0.5) is 0 Å². The summed E-state index contributed by atoms with van der Waals surface area (Å²) in [7, 11) is 2.04. The van der Waals surface area contributed by atoms with Gasteiger partial charge >= 0.3 is 0 Å². The predicted octanol–water partition coefficient (Wildman–Crippen LogP) is 1.55. The predicted molar refractivity (Wildman–Crippen MR) is 104 cm³/mol. The van der Waals surface area contributed by atoms with Crippen LogP contribution in [0.1, 0.15) is 21.7 Å². The number of carbonyl (C=O) groups is 2. The summed E-state index contributed by atoms with van der Waals surface area (Å²) in [6.07, 6.45) is 0. The molecule has 3 rings (SSSR count). The molecule has 0 saturated carbocycles. The number of rotatable bonds is 5. The van der Waals surface area contributed by atoms with Gasteiger partial charge in [-0.2, -0.15) is 5.10 Å². The fourth-order valence-corrected chi connectivity index (χ4v) is 3.07. The van der Waals surface area contributed by atoms with E-state index in [-0.39, 0.29) is 18.4 Å². The van der Waals surface area contributed by atoms with Gasteiger partial charge in [0, 0.05) is 43.4 Å². The number of halogens is 1. The SMILES string of the molecule is Cc1cc(C(=O)N2CCN(C)CC2)nn1CC(=O)NCc1ccc(Cl)cc1. The maximum absolute atomic E-state index is 12.6. The Morgan fingerprint density at radius 1 is 1.15 bits per heavy atom. The van der Waals surface area contributed by atoms with Crippen LogP contribution in [-0.2, 0) is 17.9 Å². The van der Waals surface area contributed by atoms with Gasteiger partial charge in [-0.05, 0) is 37.7 Å². The highest BCUT2D eigenvalue weighted by molar-refractivity contribution is 6.30. The summed E-state index contributed by atoms with van der Waals surface area (Å²) in [6.45, 7) is 5.46. The largest absolute Gasteiger partial charge is 0.350 e. The Morgan fingerprint density at radius 3 is 2.48 bits per heavy atom. The molecule has 1 fully saturated rings. The van der Waals surface area contributed by atoms with Gasteiger partial charge in [-0.15, -0.1) is 0 Å². The Labute approximate surface area is 163 Å². The lowest BCUT2D eigenvalue weighted by Gasteiger charge is -2.31. The lowest BCUT2D eigenvalue weighted by molar-refractivity contribution is -0.122. The lowest BCUT2D eigenvalue weighted by atomic mass is 10.2. The molecule has 0 bridgehead atoms. The van der Waals surface area contributed by atoms with E-state index in [1.807, 2.05) is 31.0 Å². The number of amides is 2. The first kappa shape index (κ1) is 19.4. The number of carbonyl (C=O) groups excluding carboxylic acids is 2. The molecular weight excluding hydrogens is 366 g/mol. The summed E-state index contributed by atoms with van der Waals surface area (Å²) in [6, 6.07) is 9.06. The number of hydrogen-bond acceptors (Lipinski definition) is 4. The van der Waals surface area contributed by atoms with Gasteiger partial charge in [0.1, 0.15) is 6.54 Å². The second-order valence-corrected chi connectivity index (χ2v) is 7.26. The number of nitrogens with zero attached hydrogens (tertiary/aromatic N) is 4. The molecule has 144 valence electrons. The molecule has 0 radical (unpaired) electrons. The van der Waals surface area contributed by atoms with Crippen LogP contribution in [0.15, 0.2) is 30.3 Å². The molecule has 2 aromatic rings. The minimum absolute atomic E-state index is 0.0773. The fourth-order valence-electron chi connectivity index (χ4n) is 2.94. The van der Waals surface area contributed by atoms with Gasteiger partial charge < -0.3 is 15.1 Å². The second-order valence-electron chi connectivity index (χ2n) is 6.83. The number of likely N-dealkylation sites (N-methyl/N-ethyl adjacent to an activating group) is 1. The average molecular weight is 390 g/mol. The normalized spacial score (nSPS) is 15.0. The summed E-state index contributed by atoms with van der Waals surface area (Å²) in [4.78, 5) is 28.8. The molecule has 0 unspecified atom stereocenters. The molecule has 0 spiro atoms. The molecule has 8 heteroatoms. The zero-order valence-corrected chi connectivity index (χ0v) is 16.4. The maximum atomic E-state index is 12.6. The van der Waals surface area contributed by atoms with Crippen LogP contribution in [0.25, 0.3) is 0 Å². The second kappa shape index (κ2) is 8.54. The van der Waals surface area contributed by atoms with Crippen LogP contribution in [0.2, 0.25) is 5.02 Å². The molecule has 2 amide bonds. The van der Waals surface area contributed by atoms with E-state index in [9.17, 15) is 9.59 Å². The topological polar surface area (TPSA) is 70.5 Å². The molecule has 27 heavy (non-hydrogen) atoms. The maximum Gasteiger partial charge on any atom is 0.274 e. The highest BCUT2D eigenvalue weighted by atomic mass is 35.5. The van der Waals surface area contributed by atoms with Gasteiger partial charge in [-0.25, -0.2) is 0 Å². The van der Waals surface area contributed by atoms with Gasteiger partial charge in [0.25, 0.3) is 5.91 Å². The van der Waals surface area contributed by atoms with Crippen molar-refractivity contribution < 1.29 is 9.59 Å². The number of aryl methyl sites for hydroxylation is 1. The third-order valence-corrected chi connectivity index (χ3v) is 4.94. The smallest absolute Gasteiger partial charge is 0.274 e. The number of piperazine rings is 1. The van der Waals surface area contributed by atoms with Crippen molar-refractivity contribution in [2.45, 2.75) is 20.0 Å². The van der Waals surface area contributed by atoms with Crippen LogP contribution in [0, 0.1) is 6.92 Å². The molecule has 7 nitrogen and oxygen atoms in total. The first-order valence-electron chi connectivity index (χ1n) is 8.96. The summed E-state index contributed by atoms with van der Waals surface area (Å²) < 4.78 is 1.57. The molecule has 1 aliphatic heterocycles. The molecular formula is C19H24ClN5O2. The number of aromatic nitrogens is 2.